The standard InChI is InChI=1S/C16H23FN4O2/c1-11-9-21(10-12(2)23-11)15(22)13-3-5-20(6-4-13)16-18-7-14(17)8-19-16/h7-8,11-13H,3-6,9-10H2,1-2H3/t11-,12-/m1/s1. The summed E-state index contributed by atoms with van der Waals surface area (Å²) < 4.78 is 18.6. The summed E-state index contributed by atoms with van der Waals surface area (Å²) in [6.07, 6.45) is 4.09. The zero-order valence-corrected chi connectivity index (χ0v) is 13.6. The lowest BCUT2D eigenvalue weighted by molar-refractivity contribution is -0.148. The molecule has 1 aromatic rings. The third-order valence-corrected chi connectivity index (χ3v) is 4.47. The Balaban J connectivity index is 1.56. The average molecular weight is 322 g/mol. The van der Waals surface area contributed by atoms with Gasteiger partial charge in [0.25, 0.3) is 0 Å². The van der Waals surface area contributed by atoms with Crippen LogP contribution < -0.4 is 4.90 Å². The predicted molar refractivity (Wildman–Crippen MR) is 83.5 cm³/mol. The van der Waals surface area contributed by atoms with E-state index in [1.54, 1.807) is 0 Å². The first kappa shape index (κ1) is 16.1. The van der Waals surface area contributed by atoms with Crippen molar-refractivity contribution in [3.05, 3.63) is 18.2 Å². The Hall–Kier alpha value is -1.76. The van der Waals surface area contributed by atoms with Crippen LogP contribution in [0, 0.1) is 11.7 Å². The van der Waals surface area contributed by atoms with Crippen LogP contribution in [0.1, 0.15) is 26.7 Å². The normalized spacial score (nSPS) is 26.4. The van der Waals surface area contributed by atoms with Crippen LogP contribution in [0.25, 0.3) is 0 Å². The first-order valence-electron chi connectivity index (χ1n) is 8.19. The second kappa shape index (κ2) is 6.78. The molecular weight excluding hydrogens is 299 g/mol. The van der Waals surface area contributed by atoms with Gasteiger partial charge in [0.15, 0.2) is 5.82 Å². The van der Waals surface area contributed by atoms with Crippen molar-refractivity contribution in [3.63, 3.8) is 0 Å². The van der Waals surface area contributed by atoms with E-state index in [2.05, 4.69) is 9.97 Å². The van der Waals surface area contributed by atoms with Crippen LogP contribution in [0.15, 0.2) is 12.4 Å². The van der Waals surface area contributed by atoms with Crippen molar-refractivity contribution in [1.29, 1.82) is 0 Å². The van der Waals surface area contributed by atoms with Gasteiger partial charge in [-0.1, -0.05) is 0 Å². The number of carbonyl (C=O) groups excluding carboxylic acids is 1. The molecule has 0 aromatic carbocycles. The Morgan fingerprint density at radius 1 is 1.17 bits per heavy atom. The number of halogens is 1. The molecule has 2 aliphatic rings. The fourth-order valence-corrected chi connectivity index (χ4v) is 3.41. The van der Waals surface area contributed by atoms with Crippen molar-refractivity contribution in [2.24, 2.45) is 5.92 Å². The molecule has 3 rings (SSSR count). The number of amides is 1. The van der Waals surface area contributed by atoms with Gasteiger partial charge in [0, 0.05) is 32.1 Å². The molecule has 6 nitrogen and oxygen atoms in total. The molecule has 2 saturated heterocycles. The Bertz CT molecular complexity index is 536. The molecule has 2 aliphatic heterocycles. The first-order valence-corrected chi connectivity index (χ1v) is 8.19. The van der Waals surface area contributed by atoms with Crippen molar-refractivity contribution in [1.82, 2.24) is 14.9 Å². The van der Waals surface area contributed by atoms with Crippen molar-refractivity contribution >= 4 is 11.9 Å². The number of morpholine rings is 1. The summed E-state index contributed by atoms with van der Waals surface area (Å²) in [5.41, 5.74) is 0. The maximum atomic E-state index is 12.9. The maximum Gasteiger partial charge on any atom is 0.225 e. The summed E-state index contributed by atoms with van der Waals surface area (Å²) in [6.45, 7) is 6.79. The van der Waals surface area contributed by atoms with Gasteiger partial charge in [-0.15, -0.1) is 0 Å². The molecule has 0 saturated carbocycles. The lowest BCUT2D eigenvalue weighted by Gasteiger charge is -2.39. The molecule has 0 unspecified atom stereocenters. The summed E-state index contributed by atoms with van der Waals surface area (Å²) in [4.78, 5) is 24.7. The lowest BCUT2D eigenvalue weighted by atomic mass is 9.95. The molecule has 0 radical (unpaired) electrons. The average Bonchev–Trinajstić information content (AvgIpc) is 2.54. The van der Waals surface area contributed by atoms with Gasteiger partial charge in [-0.05, 0) is 26.7 Å². The number of nitrogens with zero attached hydrogens (tertiary/aromatic N) is 4. The molecule has 126 valence electrons. The van der Waals surface area contributed by atoms with E-state index in [-0.39, 0.29) is 24.0 Å². The molecule has 23 heavy (non-hydrogen) atoms. The van der Waals surface area contributed by atoms with E-state index in [1.165, 1.54) is 12.4 Å². The van der Waals surface area contributed by atoms with Crippen LogP contribution in [0.2, 0.25) is 0 Å². The monoisotopic (exact) mass is 322 g/mol. The largest absolute Gasteiger partial charge is 0.372 e. The molecular formula is C16H23FN4O2. The molecule has 2 atom stereocenters. The van der Waals surface area contributed by atoms with Crippen LogP contribution in [-0.4, -0.2) is 59.2 Å². The van der Waals surface area contributed by atoms with Crippen LogP contribution >= 0.6 is 0 Å². The van der Waals surface area contributed by atoms with Crippen LogP contribution in [-0.2, 0) is 9.53 Å². The van der Waals surface area contributed by atoms with Gasteiger partial charge in [-0.2, -0.15) is 0 Å². The molecule has 3 heterocycles. The van der Waals surface area contributed by atoms with E-state index in [0.29, 0.717) is 19.0 Å². The summed E-state index contributed by atoms with van der Waals surface area (Å²) in [5.74, 6) is 0.371. The molecule has 0 bridgehead atoms. The van der Waals surface area contributed by atoms with E-state index in [4.69, 9.17) is 4.74 Å². The third kappa shape index (κ3) is 3.77. The minimum absolute atomic E-state index is 0.0456. The third-order valence-electron chi connectivity index (χ3n) is 4.47. The molecule has 2 fully saturated rings. The highest BCUT2D eigenvalue weighted by molar-refractivity contribution is 5.79. The molecule has 1 aromatic heterocycles. The minimum Gasteiger partial charge on any atom is -0.372 e. The number of hydrogen-bond donors (Lipinski definition) is 0. The molecule has 0 N–H and O–H groups in total. The number of rotatable bonds is 2. The van der Waals surface area contributed by atoms with Gasteiger partial charge in [-0.25, -0.2) is 14.4 Å². The lowest BCUT2D eigenvalue weighted by Crippen LogP contribution is -2.51. The van der Waals surface area contributed by atoms with Gasteiger partial charge in [0.1, 0.15) is 0 Å². The van der Waals surface area contributed by atoms with Crippen molar-refractivity contribution in [3.8, 4) is 0 Å². The van der Waals surface area contributed by atoms with Gasteiger partial charge in [-0.3, -0.25) is 4.79 Å². The fourth-order valence-electron chi connectivity index (χ4n) is 3.41. The summed E-state index contributed by atoms with van der Waals surface area (Å²) in [6, 6.07) is 0. The molecule has 7 heteroatoms. The zero-order chi connectivity index (χ0) is 16.4. The van der Waals surface area contributed by atoms with Crippen molar-refractivity contribution in [2.45, 2.75) is 38.9 Å². The van der Waals surface area contributed by atoms with Crippen LogP contribution in [0.4, 0.5) is 10.3 Å². The number of hydrogen-bond acceptors (Lipinski definition) is 5. The first-order chi connectivity index (χ1) is 11.0. The Morgan fingerprint density at radius 2 is 1.74 bits per heavy atom. The number of anilines is 1. The highest BCUT2D eigenvalue weighted by Gasteiger charge is 2.33. The smallest absolute Gasteiger partial charge is 0.225 e. The fraction of sp³-hybridized carbons (Fsp3) is 0.688. The number of carbonyl (C=O) groups is 1. The highest BCUT2D eigenvalue weighted by atomic mass is 19.1. The van der Waals surface area contributed by atoms with E-state index in [0.717, 1.165) is 25.9 Å². The van der Waals surface area contributed by atoms with Gasteiger partial charge in [0.2, 0.25) is 11.9 Å². The number of aromatic nitrogens is 2. The zero-order valence-electron chi connectivity index (χ0n) is 13.6. The highest BCUT2D eigenvalue weighted by Crippen LogP contribution is 2.24. The van der Waals surface area contributed by atoms with E-state index >= 15 is 0 Å². The molecule has 1 amide bonds. The molecule has 0 aliphatic carbocycles. The Kier molecular flexibility index (Phi) is 4.75. The Labute approximate surface area is 135 Å². The van der Waals surface area contributed by atoms with E-state index in [9.17, 15) is 9.18 Å². The SMILES string of the molecule is C[C@@H]1CN(C(=O)C2CCN(c3ncc(F)cn3)CC2)C[C@@H](C)O1. The van der Waals surface area contributed by atoms with Crippen LogP contribution in [0.5, 0.6) is 0 Å². The van der Waals surface area contributed by atoms with Crippen molar-refractivity contribution in [2.75, 3.05) is 31.1 Å². The number of piperidine rings is 1. The Morgan fingerprint density at radius 3 is 2.30 bits per heavy atom. The van der Waals surface area contributed by atoms with Gasteiger partial charge < -0.3 is 14.5 Å². The second-order valence-electron chi connectivity index (χ2n) is 6.46. The van der Waals surface area contributed by atoms with Gasteiger partial charge in [0.05, 0.1) is 24.6 Å². The van der Waals surface area contributed by atoms with Crippen LogP contribution in [0.3, 0.4) is 0 Å². The summed E-state index contributed by atoms with van der Waals surface area (Å²) in [7, 11) is 0. The quantitative estimate of drug-likeness (QED) is 0.825. The number of ether oxygens (including phenoxy) is 1. The van der Waals surface area contributed by atoms with E-state index < -0.39 is 5.82 Å². The predicted octanol–water partition coefficient (Wildman–Crippen LogP) is 1.47. The minimum atomic E-state index is -0.436. The summed E-state index contributed by atoms with van der Waals surface area (Å²) >= 11 is 0. The van der Waals surface area contributed by atoms with Gasteiger partial charge >= 0.3 is 0 Å². The molecule has 0 spiro atoms. The maximum absolute atomic E-state index is 12.9. The topological polar surface area (TPSA) is 58.6 Å². The van der Waals surface area contributed by atoms with Crippen molar-refractivity contribution < 1.29 is 13.9 Å². The van der Waals surface area contributed by atoms with E-state index in [1.807, 2.05) is 23.6 Å². The summed E-state index contributed by atoms with van der Waals surface area (Å²) in [5, 5.41) is 0. The second-order valence-corrected chi connectivity index (χ2v) is 6.46.